The van der Waals surface area contributed by atoms with Crippen LogP contribution >= 0.6 is 7.82 Å². The quantitative estimate of drug-likeness (QED) is 0.0146. The highest BCUT2D eigenvalue weighted by atomic mass is 31.2. The van der Waals surface area contributed by atoms with Gasteiger partial charge in [-0.2, -0.15) is 0 Å². The van der Waals surface area contributed by atoms with Crippen LogP contribution < -0.4 is 0 Å². The van der Waals surface area contributed by atoms with Crippen molar-refractivity contribution in [3.8, 4) is 0 Å². The van der Waals surface area contributed by atoms with Crippen LogP contribution in [-0.4, -0.2) is 98.3 Å². The summed E-state index contributed by atoms with van der Waals surface area (Å²) in [6.07, 6.45) is 35.9. The molecule has 6 N–H and O–H groups in total. The van der Waals surface area contributed by atoms with E-state index in [0.29, 0.717) is 19.3 Å². The Kier molecular flexibility index (Phi) is 38.2. The Bertz CT molecular complexity index is 1320. The molecule has 1 saturated carbocycles. The molecule has 1 rings (SSSR count). The molecule has 0 heterocycles. The Labute approximate surface area is 392 Å². The molecule has 0 spiro atoms. The number of aliphatic hydroxyl groups excluding tert-OH is 5. The Morgan fingerprint density at radius 3 is 1.32 bits per heavy atom. The third kappa shape index (κ3) is 33.0. The van der Waals surface area contributed by atoms with Gasteiger partial charge in [0.1, 0.15) is 43.2 Å². The van der Waals surface area contributed by atoms with Crippen molar-refractivity contribution >= 4 is 19.8 Å². The third-order valence-corrected chi connectivity index (χ3v) is 12.6. The summed E-state index contributed by atoms with van der Waals surface area (Å²) >= 11 is 0. The van der Waals surface area contributed by atoms with Crippen LogP contribution in [0.1, 0.15) is 206 Å². The molecule has 65 heavy (non-hydrogen) atoms. The molecule has 0 aliphatic heterocycles. The van der Waals surface area contributed by atoms with Gasteiger partial charge in [0.05, 0.1) is 6.61 Å². The minimum Gasteiger partial charge on any atom is -0.462 e. The van der Waals surface area contributed by atoms with Crippen LogP contribution in [0.4, 0.5) is 0 Å². The normalized spacial score (nSPS) is 21.8. The van der Waals surface area contributed by atoms with Crippen LogP contribution in [0, 0.1) is 0 Å². The fraction of sp³-hybridized carbons (Fsp3) is 0.804. The molecule has 378 valence electrons. The maximum Gasteiger partial charge on any atom is 0.472 e. The Morgan fingerprint density at radius 1 is 0.477 bits per heavy atom. The Hall–Kier alpha value is -2.19. The van der Waals surface area contributed by atoms with Gasteiger partial charge >= 0.3 is 19.8 Å². The number of unbranched alkanes of at least 4 members (excludes halogenated alkanes) is 22. The van der Waals surface area contributed by atoms with Gasteiger partial charge in [-0.15, -0.1) is 0 Å². The van der Waals surface area contributed by atoms with Crippen molar-refractivity contribution < 1.29 is 63.1 Å². The highest BCUT2D eigenvalue weighted by Crippen LogP contribution is 2.47. The van der Waals surface area contributed by atoms with Crippen LogP contribution in [0.5, 0.6) is 0 Å². The smallest absolute Gasteiger partial charge is 0.462 e. The molecule has 0 radical (unpaired) electrons. The first-order chi connectivity index (χ1) is 31.4. The molecule has 1 aliphatic rings. The van der Waals surface area contributed by atoms with Crippen molar-refractivity contribution in [2.45, 2.75) is 249 Å². The van der Waals surface area contributed by atoms with E-state index in [1.807, 2.05) is 6.08 Å². The van der Waals surface area contributed by atoms with E-state index >= 15 is 0 Å². The fourth-order valence-electron chi connectivity index (χ4n) is 7.53. The van der Waals surface area contributed by atoms with Crippen molar-refractivity contribution in [1.29, 1.82) is 0 Å². The zero-order valence-electron chi connectivity index (χ0n) is 40.3. The average Bonchev–Trinajstić information content (AvgIpc) is 3.29. The number of aliphatic hydroxyl groups is 5. The number of rotatable bonds is 42. The fourth-order valence-corrected chi connectivity index (χ4v) is 8.51. The van der Waals surface area contributed by atoms with E-state index in [1.54, 1.807) is 0 Å². The van der Waals surface area contributed by atoms with Gasteiger partial charge in [0.15, 0.2) is 6.10 Å². The zero-order chi connectivity index (χ0) is 47.8. The molecule has 0 aromatic carbocycles. The molecule has 1 fully saturated rings. The second kappa shape index (κ2) is 40.8. The summed E-state index contributed by atoms with van der Waals surface area (Å²) in [6, 6.07) is 0. The largest absolute Gasteiger partial charge is 0.472 e. The van der Waals surface area contributed by atoms with Gasteiger partial charge in [-0.1, -0.05) is 172 Å². The molecule has 0 amide bonds. The van der Waals surface area contributed by atoms with Gasteiger partial charge in [-0.25, -0.2) is 4.57 Å². The number of allylic oxidation sites excluding steroid dienone is 8. The summed E-state index contributed by atoms with van der Waals surface area (Å²) in [5, 5.41) is 50.2. The summed E-state index contributed by atoms with van der Waals surface area (Å²) in [5.74, 6) is -1.15. The van der Waals surface area contributed by atoms with Crippen LogP contribution in [0.2, 0.25) is 0 Å². The molecule has 0 bridgehead atoms. The molecule has 0 aromatic rings. The van der Waals surface area contributed by atoms with Gasteiger partial charge in [0.25, 0.3) is 0 Å². The van der Waals surface area contributed by atoms with E-state index in [0.717, 1.165) is 51.4 Å². The lowest BCUT2D eigenvalue weighted by molar-refractivity contribution is -0.220. The van der Waals surface area contributed by atoms with Gasteiger partial charge in [-0.3, -0.25) is 18.6 Å². The standard InChI is InChI=1S/C51H91O13P/c1-3-5-7-9-11-13-15-17-19-21-22-24-26-28-30-32-34-36-38-40-45(53)63-43(42-62-65(59,60)64-51-49(57)47(55)46(54)48(56)50(51)58)41-61-44(52)39-37-35-33-31-29-27-25-23-20-18-16-14-12-10-8-6-4-2/h11,13,17,19,25,27,31,33,43,46-51,54-58H,3-10,12,14-16,18,20-24,26,28-30,32,34-42H2,1-2H3,(H,59,60)/b13-11+,19-17+,27-25+,33-31+/t43-,46?,47-,48?,49?,50?,51?/m1/s1. The molecule has 6 unspecified atom stereocenters. The number of esters is 2. The minimum absolute atomic E-state index is 0.0826. The summed E-state index contributed by atoms with van der Waals surface area (Å²) < 4.78 is 33.6. The first kappa shape index (κ1) is 60.8. The van der Waals surface area contributed by atoms with Gasteiger partial charge < -0.3 is 39.9 Å². The highest BCUT2D eigenvalue weighted by molar-refractivity contribution is 7.47. The summed E-state index contributed by atoms with van der Waals surface area (Å²) in [4.78, 5) is 35.8. The third-order valence-electron chi connectivity index (χ3n) is 11.6. The van der Waals surface area contributed by atoms with Gasteiger partial charge in [0, 0.05) is 12.8 Å². The van der Waals surface area contributed by atoms with Crippen molar-refractivity contribution in [2.75, 3.05) is 13.2 Å². The Balaban J connectivity index is 2.44. The second-order valence-electron chi connectivity index (χ2n) is 17.7. The summed E-state index contributed by atoms with van der Waals surface area (Å²) in [5.41, 5.74) is 0. The molecular weight excluding hydrogens is 852 g/mol. The first-order valence-electron chi connectivity index (χ1n) is 25.4. The maximum absolute atomic E-state index is 12.8. The second-order valence-corrected chi connectivity index (χ2v) is 19.1. The van der Waals surface area contributed by atoms with E-state index in [2.05, 4.69) is 56.4 Å². The van der Waals surface area contributed by atoms with Crippen molar-refractivity contribution in [3.63, 3.8) is 0 Å². The lowest BCUT2D eigenvalue weighted by Crippen LogP contribution is -2.64. The summed E-state index contributed by atoms with van der Waals surface area (Å²) in [7, 11) is -5.13. The molecule has 14 heteroatoms. The van der Waals surface area contributed by atoms with Crippen LogP contribution in [0.25, 0.3) is 0 Å². The lowest BCUT2D eigenvalue weighted by Gasteiger charge is -2.41. The number of carbonyl (C=O) groups is 2. The molecular formula is C51H91O13P. The highest BCUT2D eigenvalue weighted by Gasteiger charge is 2.51. The van der Waals surface area contributed by atoms with Crippen molar-refractivity contribution in [2.24, 2.45) is 0 Å². The SMILES string of the molecule is CCCCC/C=C/C/C=C/CCCCCCCCCCCC(=O)O[C@H](COC(=O)CCC/C=C/C/C=C/CCCCCCCCCCC)COP(=O)(O)OC1C(O)C(O)C(O)[C@@H](O)C1O. The maximum atomic E-state index is 12.8. The summed E-state index contributed by atoms with van der Waals surface area (Å²) in [6.45, 7) is 3.25. The van der Waals surface area contributed by atoms with Crippen molar-refractivity contribution in [3.05, 3.63) is 48.6 Å². The number of phosphoric ester groups is 1. The molecule has 0 saturated heterocycles. The van der Waals surface area contributed by atoms with Gasteiger partial charge in [-0.05, 0) is 70.6 Å². The van der Waals surface area contributed by atoms with Crippen molar-refractivity contribution in [1.82, 2.24) is 0 Å². The van der Waals surface area contributed by atoms with Crippen LogP contribution in [-0.2, 0) is 32.7 Å². The predicted octanol–water partition coefficient (Wildman–Crippen LogP) is 10.7. The molecule has 0 aromatic heterocycles. The minimum atomic E-state index is -5.13. The van der Waals surface area contributed by atoms with Crippen LogP contribution in [0.3, 0.4) is 0 Å². The first-order valence-corrected chi connectivity index (χ1v) is 26.9. The molecule has 1 aliphatic carbocycles. The number of phosphoric acid groups is 1. The van der Waals surface area contributed by atoms with E-state index in [1.165, 1.54) is 109 Å². The number of ether oxygens (including phenoxy) is 2. The predicted molar refractivity (Wildman–Crippen MR) is 258 cm³/mol. The molecule has 13 nitrogen and oxygen atoms in total. The van der Waals surface area contributed by atoms with E-state index in [9.17, 15) is 44.6 Å². The zero-order valence-corrected chi connectivity index (χ0v) is 41.2. The van der Waals surface area contributed by atoms with Gasteiger partial charge in [0.2, 0.25) is 0 Å². The monoisotopic (exact) mass is 943 g/mol. The van der Waals surface area contributed by atoms with E-state index in [-0.39, 0.29) is 12.8 Å². The number of carbonyl (C=O) groups excluding carboxylic acids is 2. The topological polar surface area (TPSA) is 210 Å². The Morgan fingerprint density at radius 2 is 0.846 bits per heavy atom. The number of hydrogen-bond donors (Lipinski definition) is 6. The average molecular weight is 943 g/mol. The van der Waals surface area contributed by atoms with Crippen LogP contribution in [0.15, 0.2) is 48.6 Å². The molecule has 8 atom stereocenters. The van der Waals surface area contributed by atoms with E-state index in [4.69, 9.17) is 18.5 Å². The number of hydrogen-bond acceptors (Lipinski definition) is 12. The lowest BCUT2D eigenvalue weighted by atomic mass is 9.85. The van der Waals surface area contributed by atoms with E-state index < -0.39 is 75.7 Å².